The van der Waals surface area contributed by atoms with E-state index in [0.717, 1.165) is 31.4 Å². The van der Waals surface area contributed by atoms with Crippen molar-refractivity contribution in [3.05, 3.63) is 24.0 Å². The van der Waals surface area contributed by atoms with Gasteiger partial charge in [-0.3, -0.25) is 4.98 Å². The number of nitrogens with zero attached hydrogens (tertiary/aromatic N) is 1. The zero-order chi connectivity index (χ0) is 12.1. The van der Waals surface area contributed by atoms with E-state index in [1.54, 1.807) is 19.4 Å². The van der Waals surface area contributed by atoms with Crippen molar-refractivity contribution in [1.29, 1.82) is 0 Å². The molecule has 1 aromatic rings. The van der Waals surface area contributed by atoms with E-state index in [1.165, 1.54) is 0 Å². The molecule has 1 aromatic heterocycles. The van der Waals surface area contributed by atoms with Crippen molar-refractivity contribution in [3.8, 4) is 5.75 Å². The lowest BCUT2D eigenvalue weighted by Gasteiger charge is -2.28. The summed E-state index contributed by atoms with van der Waals surface area (Å²) in [5, 5.41) is 9.01. The topological polar surface area (TPSA) is 51.6 Å². The quantitative estimate of drug-likeness (QED) is 0.869. The summed E-state index contributed by atoms with van der Waals surface area (Å²) >= 11 is 0. The minimum Gasteiger partial charge on any atom is -0.490 e. The molecular formula is C13H19NO3. The summed E-state index contributed by atoms with van der Waals surface area (Å²) < 4.78 is 11.3. The number of aliphatic hydroxyl groups excluding tert-OH is 1. The lowest BCUT2D eigenvalue weighted by Crippen LogP contribution is -2.29. The number of hydrogen-bond acceptors (Lipinski definition) is 4. The van der Waals surface area contributed by atoms with Crippen molar-refractivity contribution in [3.63, 3.8) is 0 Å². The second kappa shape index (κ2) is 5.98. The number of aliphatic hydroxyl groups is 1. The lowest BCUT2D eigenvalue weighted by atomic mass is 9.95. The largest absolute Gasteiger partial charge is 0.490 e. The molecule has 4 nitrogen and oxygen atoms in total. The highest BCUT2D eigenvalue weighted by Crippen LogP contribution is 2.25. The first-order valence-electron chi connectivity index (χ1n) is 6.07. The molecule has 1 heterocycles. The number of hydrogen-bond donors (Lipinski definition) is 1. The first-order chi connectivity index (χ1) is 8.31. The molecule has 94 valence electrons. The van der Waals surface area contributed by atoms with E-state index < -0.39 is 0 Å². The SMILES string of the molecule is COC1CCCC(Oc2ccnc(CO)c2)C1. The fourth-order valence-electron chi connectivity index (χ4n) is 2.23. The Morgan fingerprint density at radius 1 is 1.41 bits per heavy atom. The molecule has 1 fully saturated rings. The van der Waals surface area contributed by atoms with Gasteiger partial charge < -0.3 is 14.6 Å². The van der Waals surface area contributed by atoms with E-state index in [1.807, 2.05) is 6.07 Å². The summed E-state index contributed by atoms with van der Waals surface area (Å²) in [5.41, 5.74) is 0.640. The van der Waals surface area contributed by atoms with Crippen LogP contribution in [0.4, 0.5) is 0 Å². The molecule has 0 radical (unpaired) electrons. The van der Waals surface area contributed by atoms with Crippen LogP contribution in [-0.2, 0) is 11.3 Å². The smallest absolute Gasteiger partial charge is 0.123 e. The number of rotatable bonds is 4. The van der Waals surface area contributed by atoms with Gasteiger partial charge in [-0.1, -0.05) is 0 Å². The van der Waals surface area contributed by atoms with Crippen molar-refractivity contribution in [2.24, 2.45) is 0 Å². The Morgan fingerprint density at radius 3 is 3.00 bits per heavy atom. The molecule has 0 aromatic carbocycles. The number of ether oxygens (including phenoxy) is 2. The minimum absolute atomic E-state index is 0.0530. The maximum atomic E-state index is 9.01. The predicted octanol–water partition coefficient (Wildman–Crippen LogP) is 1.91. The van der Waals surface area contributed by atoms with Crippen LogP contribution in [0, 0.1) is 0 Å². The van der Waals surface area contributed by atoms with Crippen LogP contribution in [0.15, 0.2) is 18.3 Å². The van der Waals surface area contributed by atoms with Crippen LogP contribution in [0.5, 0.6) is 5.75 Å². The highest BCUT2D eigenvalue weighted by molar-refractivity contribution is 5.22. The average Bonchev–Trinajstić information content (AvgIpc) is 2.39. The van der Waals surface area contributed by atoms with E-state index >= 15 is 0 Å². The van der Waals surface area contributed by atoms with Crippen LogP contribution in [0.1, 0.15) is 31.4 Å². The molecule has 1 aliphatic carbocycles. The van der Waals surface area contributed by atoms with Crippen molar-refractivity contribution in [2.75, 3.05) is 7.11 Å². The third-order valence-electron chi connectivity index (χ3n) is 3.16. The van der Waals surface area contributed by atoms with Gasteiger partial charge >= 0.3 is 0 Å². The van der Waals surface area contributed by atoms with E-state index in [4.69, 9.17) is 14.6 Å². The summed E-state index contributed by atoms with van der Waals surface area (Å²) in [6.45, 7) is -0.0530. The highest BCUT2D eigenvalue weighted by Gasteiger charge is 2.23. The van der Waals surface area contributed by atoms with Crippen LogP contribution in [0.3, 0.4) is 0 Å². The fourth-order valence-corrected chi connectivity index (χ4v) is 2.23. The highest BCUT2D eigenvalue weighted by atomic mass is 16.5. The Balaban J connectivity index is 1.95. The Morgan fingerprint density at radius 2 is 2.24 bits per heavy atom. The lowest BCUT2D eigenvalue weighted by molar-refractivity contribution is 0.0209. The Kier molecular flexibility index (Phi) is 4.34. The van der Waals surface area contributed by atoms with Crippen LogP contribution in [0.2, 0.25) is 0 Å². The summed E-state index contributed by atoms with van der Waals surface area (Å²) in [7, 11) is 1.75. The average molecular weight is 237 g/mol. The van der Waals surface area contributed by atoms with Gasteiger partial charge in [0.05, 0.1) is 18.4 Å². The molecule has 2 unspecified atom stereocenters. The second-order valence-corrected chi connectivity index (χ2v) is 4.41. The Bertz CT molecular complexity index is 356. The molecule has 2 rings (SSSR count). The van der Waals surface area contributed by atoms with Gasteiger partial charge in [-0.05, 0) is 25.3 Å². The van der Waals surface area contributed by atoms with Crippen LogP contribution in [0.25, 0.3) is 0 Å². The molecule has 0 bridgehead atoms. The summed E-state index contributed by atoms with van der Waals surface area (Å²) in [6, 6.07) is 3.62. The van der Waals surface area contributed by atoms with Gasteiger partial charge in [-0.2, -0.15) is 0 Å². The molecule has 1 saturated carbocycles. The first-order valence-corrected chi connectivity index (χ1v) is 6.07. The number of methoxy groups -OCH3 is 1. The maximum Gasteiger partial charge on any atom is 0.123 e. The molecule has 4 heteroatoms. The molecular weight excluding hydrogens is 218 g/mol. The first kappa shape index (κ1) is 12.3. The molecule has 0 amide bonds. The van der Waals surface area contributed by atoms with Crippen molar-refractivity contribution in [1.82, 2.24) is 4.98 Å². The molecule has 2 atom stereocenters. The van der Waals surface area contributed by atoms with Gasteiger partial charge in [0.2, 0.25) is 0 Å². The normalized spacial score (nSPS) is 24.6. The van der Waals surface area contributed by atoms with E-state index in [2.05, 4.69) is 4.98 Å². The zero-order valence-corrected chi connectivity index (χ0v) is 10.1. The van der Waals surface area contributed by atoms with Crippen LogP contribution < -0.4 is 4.74 Å². The van der Waals surface area contributed by atoms with Gasteiger partial charge in [-0.25, -0.2) is 0 Å². The summed E-state index contributed by atoms with van der Waals surface area (Å²) in [4.78, 5) is 4.03. The third-order valence-corrected chi connectivity index (χ3v) is 3.16. The third kappa shape index (κ3) is 3.41. The van der Waals surface area contributed by atoms with E-state index in [0.29, 0.717) is 11.8 Å². The van der Waals surface area contributed by atoms with Gasteiger partial charge in [0.1, 0.15) is 11.9 Å². The molecule has 0 spiro atoms. The zero-order valence-electron chi connectivity index (χ0n) is 10.1. The van der Waals surface area contributed by atoms with E-state index in [-0.39, 0.29) is 12.7 Å². The summed E-state index contributed by atoms with van der Waals surface area (Å²) in [6.07, 6.45) is 6.45. The monoisotopic (exact) mass is 237 g/mol. The molecule has 1 aliphatic rings. The molecule has 0 aliphatic heterocycles. The standard InChI is InChI=1S/C13H19NO3/c1-16-11-3-2-4-12(8-11)17-13-5-6-14-10(7-13)9-15/h5-7,11-12,15H,2-4,8-9H2,1H3. The van der Waals surface area contributed by atoms with Gasteiger partial charge in [0.25, 0.3) is 0 Å². The fraction of sp³-hybridized carbons (Fsp3) is 0.615. The molecule has 17 heavy (non-hydrogen) atoms. The predicted molar refractivity (Wildman–Crippen MR) is 63.8 cm³/mol. The van der Waals surface area contributed by atoms with Gasteiger partial charge in [0.15, 0.2) is 0 Å². The van der Waals surface area contributed by atoms with Crippen LogP contribution >= 0.6 is 0 Å². The van der Waals surface area contributed by atoms with Gasteiger partial charge in [-0.15, -0.1) is 0 Å². The van der Waals surface area contributed by atoms with Crippen molar-refractivity contribution in [2.45, 2.75) is 44.5 Å². The number of aromatic nitrogens is 1. The van der Waals surface area contributed by atoms with Crippen molar-refractivity contribution >= 4 is 0 Å². The Labute approximate surface area is 102 Å². The van der Waals surface area contributed by atoms with E-state index in [9.17, 15) is 0 Å². The maximum absolute atomic E-state index is 9.01. The Hall–Kier alpha value is -1.13. The minimum atomic E-state index is -0.0530. The van der Waals surface area contributed by atoms with Crippen LogP contribution in [-0.4, -0.2) is 29.4 Å². The molecule has 1 N–H and O–H groups in total. The van der Waals surface area contributed by atoms with Gasteiger partial charge in [0, 0.05) is 25.8 Å². The molecule has 0 saturated heterocycles. The van der Waals surface area contributed by atoms with Crippen molar-refractivity contribution < 1.29 is 14.6 Å². The second-order valence-electron chi connectivity index (χ2n) is 4.41. The number of pyridine rings is 1. The summed E-state index contributed by atoms with van der Waals surface area (Å²) in [5.74, 6) is 0.783.